The maximum atomic E-state index is 12.6. The van der Waals surface area contributed by atoms with Crippen molar-refractivity contribution in [1.82, 2.24) is 14.7 Å². The first-order chi connectivity index (χ1) is 11.9. The second kappa shape index (κ2) is 7.27. The first-order valence-corrected chi connectivity index (χ1v) is 10.1. The molecule has 134 valence electrons. The minimum atomic E-state index is -3.68. The summed E-state index contributed by atoms with van der Waals surface area (Å²) in [5, 5.41) is 0.422. The van der Waals surface area contributed by atoms with E-state index in [1.54, 1.807) is 19.1 Å². The van der Waals surface area contributed by atoms with Gasteiger partial charge in [0.1, 0.15) is 11.6 Å². The number of nitrogens with zero attached hydrogens (tertiary/aromatic N) is 3. The number of hydrogen-bond donors (Lipinski definition) is 1. The lowest BCUT2D eigenvalue weighted by atomic mass is 10.2. The molecule has 0 spiro atoms. The van der Waals surface area contributed by atoms with Gasteiger partial charge in [-0.1, -0.05) is 17.7 Å². The quantitative estimate of drug-likeness (QED) is 0.863. The molecule has 0 aliphatic carbocycles. The predicted octanol–water partition coefficient (Wildman–Crippen LogP) is 2.83. The summed E-state index contributed by atoms with van der Waals surface area (Å²) in [4.78, 5) is 11.2. The number of halogens is 1. The van der Waals surface area contributed by atoms with Gasteiger partial charge in [0.05, 0.1) is 11.4 Å². The molecule has 0 amide bonds. The van der Waals surface area contributed by atoms with Crippen LogP contribution in [0.4, 0.5) is 5.82 Å². The summed E-state index contributed by atoms with van der Waals surface area (Å²) in [5.74, 6) is 1.32. The van der Waals surface area contributed by atoms with Crippen LogP contribution in [0.15, 0.2) is 29.2 Å². The molecule has 1 fully saturated rings. The Kier molecular flexibility index (Phi) is 5.27. The highest BCUT2D eigenvalue weighted by atomic mass is 35.5. The van der Waals surface area contributed by atoms with Crippen LogP contribution in [0.25, 0.3) is 0 Å². The number of rotatable bonds is 5. The molecule has 1 saturated heterocycles. The van der Waals surface area contributed by atoms with Crippen LogP contribution in [-0.4, -0.2) is 31.5 Å². The molecule has 0 bridgehead atoms. The fraction of sp³-hybridized carbons (Fsp3) is 0.412. The van der Waals surface area contributed by atoms with Gasteiger partial charge in [-0.25, -0.2) is 23.1 Å². The zero-order valence-corrected chi connectivity index (χ0v) is 15.9. The lowest BCUT2D eigenvalue weighted by Crippen LogP contribution is -2.26. The molecule has 3 rings (SSSR count). The number of aromatic nitrogens is 2. The Bertz CT molecular complexity index is 880. The summed E-state index contributed by atoms with van der Waals surface area (Å²) in [6.07, 6.45) is 2.30. The molecule has 8 heteroatoms. The topological polar surface area (TPSA) is 75.2 Å². The normalized spacial score (nSPS) is 14.9. The summed E-state index contributed by atoms with van der Waals surface area (Å²) >= 11 is 6.03. The smallest absolute Gasteiger partial charge is 0.241 e. The minimum absolute atomic E-state index is 0.0385. The predicted molar refractivity (Wildman–Crippen MR) is 98.4 cm³/mol. The van der Waals surface area contributed by atoms with Gasteiger partial charge in [-0.15, -0.1) is 0 Å². The molecule has 25 heavy (non-hydrogen) atoms. The number of aryl methyl sites for hydroxylation is 1. The molecule has 1 N–H and O–H groups in total. The average Bonchev–Trinajstić information content (AvgIpc) is 3.09. The van der Waals surface area contributed by atoms with Gasteiger partial charge in [-0.05, 0) is 44.4 Å². The summed E-state index contributed by atoms with van der Waals surface area (Å²) in [7, 11) is -3.68. The number of hydrogen-bond acceptors (Lipinski definition) is 5. The fourth-order valence-corrected chi connectivity index (χ4v) is 4.39. The molecule has 0 atom stereocenters. The van der Waals surface area contributed by atoms with E-state index in [1.807, 2.05) is 13.0 Å². The molecule has 1 aromatic carbocycles. The SMILES string of the molecule is Cc1cc(N2CCCC2)nc(CNS(=O)(=O)c2cccc(Cl)c2C)n1. The van der Waals surface area contributed by atoms with Crippen LogP contribution >= 0.6 is 11.6 Å². The summed E-state index contributed by atoms with van der Waals surface area (Å²) < 4.78 is 27.7. The first kappa shape index (κ1) is 18.1. The van der Waals surface area contributed by atoms with Crippen molar-refractivity contribution in [1.29, 1.82) is 0 Å². The molecule has 0 saturated carbocycles. The highest BCUT2D eigenvalue weighted by Crippen LogP contribution is 2.23. The highest BCUT2D eigenvalue weighted by molar-refractivity contribution is 7.89. The van der Waals surface area contributed by atoms with Crippen LogP contribution in [0.3, 0.4) is 0 Å². The van der Waals surface area contributed by atoms with E-state index in [0.29, 0.717) is 16.4 Å². The van der Waals surface area contributed by atoms with Crippen molar-refractivity contribution >= 4 is 27.4 Å². The monoisotopic (exact) mass is 380 g/mol. The van der Waals surface area contributed by atoms with Crippen molar-refractivity contribution in [3.8, 4) is 0 Å². The highest BCUT2D eigenvalue weighted by Gasteiger charge is 2.19. The third kappa shape index (κ3) is 4.11. The zero-order chi connectivity index (χ0) is 18.0. The molecular formula is C17H21ClN4O2S. The third-order valence-electron chi connectivity index (χ3n) is 4.24. The van der Waals surface area contributed by atoms with E-state index >= 15 is 0 Å². The van der Waals surface area contributed by atoms with Gasteiger partial charge < -0.3 is 4.90 Å². The van der Waals surface area contributed by atoms with E-state index in [-0.39, 0.29) is 11.4 Å². The molecule has 2 aromatic rings. The van der Waals surface area contributed by atoms with E-state index in [9.17, 15) is 8.42 Å². The van der Waals surface area contributed by atoms with Crippen molar-refractivity contribution in [3.63, 3.8) is 0 Å². The standard InChI is InChI=1S/C17H21ClN4O2S/c1-12-10-17(22-8-3-4-9-22)21-16(20-12)11-19-25(23,24)15-7-5-6-14(18)13(15)2/h5-7,10,19H,3-4,8-9,11H2,1-2H3. The molecule has 2 heterocycles. The van der Waals surface area contributed by atoms with Gasteiger partial charge in [-0.3, -0.25) is 0 Å². The lowest BCUT2D eigenvalue weighted by Gasteiger charge is -2.17. The molecule has 6 nitrogen and oxygen atoms in total. The van der Waals surface area contributed by atoms with Gasteiger partial charge in [0.25, 0.3) is 0 Å². The van der Waals surface area contributed by atoms with Crippen LogP contribution in [0.2, 0.25) is 5.02 Å². The van der Waals surface area contributed by atoms with E-state index in [2.05, 4.69) is 19.6 Å². The van der Waals surface area contributed by atoms with Gasteiger partial charge in [0, 0.05) is 29.9 Å². The van der Waals surface area contributed by atoms with Crippen molar-refractivity contribution in [2.24, 2.45) is 0 Å². The molecule has 0 radical (unpaired) electrons. The Hall–Kier alpha value is -1.70. The average molecular weight is 381 g/mol. The van der Waals surface area contributed by atoms with Crippen LogP contribution < -0.4 is 9.62 Å². The number of benzene rings is 1. The maximum Gasteiger partial charge on any atom is 0.241 e. The third-order valence-corrected chi connectivity index (χ3v) is 6.20. The van der Waals surface area contributed by atoms with Gasteiger partial charge in [-0.2, -0.15) is 0 Å². The van der Waals surface area contributed by atoms with Gasteiger partial charge >= 0.3 is 0 Å². The molecule has 0 unspecified atom stereocenters. The van der Waals surface area contributed by atoms with E-state index in [1.165, 1.54) is 6.07 Å². The summed E-state index contributed by atoms with van der Waals surface area (Å²) in [6, 6.07) is 6.77. The number of sulfonamides is 1. The molecular weight excluding hydrogens is 360 g/mol. The number of anilines is 1. The Morgan fingerprint density at radius 3 is 2.64 bits per heavy atom. The van der Waals surface area contributed by atoms with Gasteiger partial charge in [0.2, 0.25) is 10.0 Å². The Morgan fingerprint density at radius 1 is 1.20 bits per heavy atom. The molecule has 1 aromatic heterocycles. The van der Waals surface area contributed by atoms with Crippen LogP contribution in [0.5, 0.6) is 0 Å². The van der Waals surface area contributed by atoms with Crippen LogP contribution in [0.1, 0.15) is 29.9 Å². The largest absolute Gasteiger partial charge is 0.357 e. The number of nitrogens with one attached hydrogen (secondary N) is 1. The fourth-order valence-electron chi connectivity index (χ4n) is 2.92. The van der Waals surface area contributed by atoms with Crippen LogP contribution in [-0.2, 0) is 16.6 Å². The van der Waals surface area contributed by atoms with Crippen molar-refractivity contribution < 1.29 is 8.42 Å². The zero-order valence-electron chi connectivity index (χ0n) is 14.3. The second-order valence-electron chi connectivity index (χ2n) is 6.17. The first-order valence-electron chi connectivity index (χ1n) is 8.21. The second-order valence-corrected chi connectivity index (χ2v) is 8.31. The maximum absolute atomic E-state index is 12.6. The van der Waals surface area contributed by atoms with Crippen molar-refractivity contribution in [2.45, 2.75) is 38.1 Å². The van der Waals surface area contributed by atoms with Crippen molar-refractivity contribution in [3.05, 3.63) is 46.4 Å². The van der Waals surface area contributed by atoms with E-state index < -0.39 is 10.0 Å². The molecule has 1 aliphatic rings. The molecule has 1 aliphatic heterocycles. The van der Waals surface area contributed by atoms with E-state index in [4.69, 9.17) is 11.6 Å². The summed E-state index contributed by atoms with van der Waals surface area (Å²) in [6.45, 7) is 5.56. The summed E-state index contributed by atoms with van der Waals surface area (Å²) in [5.41, 5.74) is 1.35. The minimum Gasteiger partial charge on any atom is -0.357 e. The van der Waals surface area contributed by atoms with Gasteiger partial charge in [0.15, 0.2) is 0 Å². The Balaban J connectivity index is 1.80. The van der Waals surface area contributed by atoms with E-state index in [0.717, 1.165) is 37.4 Å². The Labute approximate surface area is 153 Å². The lowest BCUT2D eigenvalue weighted by molar-refractivity contribution is 0.578. The van der Waals surface area contributed by atoms with Crippen LogP contribution in [0, 0.1) is 13.8 Å². The van der Waals surface area contributed by atoms with Crippen molar-refractivity contribution in [2.75, 3.05) is 18.0 Å². The Morgan fingerprint density at radius 2 is 1.92 bits per heavy atom.